The molecule has 0 saturated heterocycles. The first-order chi connectivity index (χ1) is 8.49. The van der Waals surface area contributed by atoms with Crippen molar-refractivity contribution in [2.45, 2.75) is 50.5 Å². The summed E-state index contributed by atoms with van der Waals surface area (Å²) in [5, 5.41) is 20.3. The third-order valence-electron chi connectivity index (χ3n) is 5.71. The van der Waals surface area contributed by atoms with Gasteiger partial charge in [-0.2, -0.15) is 0 Å². The van der Waals surface area contributed by atoms with Gasteiger partial charge in [-0.1, -0.05) is 6.08 Å². The van der Waals surface area contributed by atoms with E-state index in [0.717, 1.165) is 19.3 Å². The van der Waals surface area contributed by atoms with Gasteiger partial charge in [0.25, 0.3) is 0 Å². The fraction of sp³-hybridized carbons (Fsp3) is 0.800. The summed E-state index contributed by atoms with van der Waals surface area (Å²) >= 11 is 0. The second kappa shape index (κ2) is 3.83. The molecule has 0 aliphatic heterocycles. The number of carbonyl (C=O) groups is 1. The van der Waals surface area contributed by atoms with Crippen LogP contribution in [0.15, 0.2) is 12.7 Å². The lowest BCUT2D eigenvalue weighted by molar-refractivity contribution is -0.203. The van der Waals surface area contributed by atoms with Crippen molar-refractivity contribution in [1.82, 2.24) is 0 Å². The van der Waals surface area contributed by atoms with E-state index in [-0.39, 0.29) is 11.8 Å². The Morgan fingerprint density at radius 3 is 2.00 bits per heavy atom. The van der Waals surface area contributed by atoms with Gasteiger partial charge in [-0.25, -0.2) is 4.79 Å². The molecule has 4 aliphatic rings. The lowest BCUT2D eigenvalue weighted by Crippen LogP contribution is -2.61. The number of aliphatic carboxylic acids is 1. The SMILES string of the molecule is C=CCC(O)(C(=O)O)C12CC3CC(CC(C3)C1)C2. The molecule has 0 amide bonds. The van der Waals surface area contributed by atoms with Crippen molar-refractivity contribution < 1.29 is 15.0 Å². The molecule has 4 aliphatic carbocycles. The molecule has 18 heavy (non-hydrogen) atoms. The van der Waals surface area contributed by atoms with Gasteiger partial charge in [-0.05, 0) is 56.3 Å². The van der Waals surface area contributed by atoms with E-state index >= 15 is 0 Å². The summed E-state index contributed by atoms with van der Waals surface area (Å²) in [6, 6.07) is 0. The van der Waals surface area contributed by atoms with Gasteiger partial charge in [0.1, 0.15) is 0 Å². The lowest BCUT2D eigenvalue weighted by Gasteiger charge is -2.60. The van der Waals surface area contributed by atoms with Crippen LogP contribution >= 0.6 is 0 Å². The van der Waals surface area contributed by atoms with Gasteiger partial charge in [0, 0.05) is 11.8 Å². The number of carboxylic acid groups (broad SMARTS) is 1. The molecule has 1 unspecified atom stereocenters. The van der Waals surface area contributed by atoms with Crippen LogP contribution < -0.4 is 0 Å². The fourth-order valence-corrected chi connectivity index (χ4v) is 5.36. The molecule has 2 N–H and O–H groups in total. The van der Waals surface area contributed by atoms with Crippen LogP contribution in [0.3, 0.4) is 0 Å². The summed E-state index contributed by atoms with van der Waals surface area (Å²) < 4.78 is 0. The Hall–Kier alpha value is -0.830. The highest BCUT2D eigenvalue weighted by Gasteiger charge is 2.62. The van der Waals surface area contributed by atoms with Crippen molar-refractivity contribution in [2.24, 2.45) is 23.2 Å². The molecular formula is C15H22O3. The van der Waals surface area contributed by atoms with E-state index in [1.807, 2.05) is 0 Å². The second-order valence-electron chi connectivity index (χ2n) is 6.86. The number of rotatable bonds is 4. The minimum atomic E-state index is -1.59. The minimum Gasteiger partial charge on any atom is -0.479 e. The van der Waals surface area contributed by atoms with Gasteiger partial charge in [-0.3, -0.25) is 0 Å². The average molecular weight is 250 g/mol. The van der Waals surface area contributed by atoms with Crippen LogP contribution in [0, 0.1) is 23.2 Å². The maximum atomic E-state index is 11.6. The molecule has 100 valence electrons. The third kappa shape index (κ3) is 1.49. The first-order valence-corrected chi connectivity index (χ1v) is 7.06. The summed E-state index contributed by atoms with van der Waals surface area (Å²) in [4.78, 5) is 11.6. The number of hydrogen-bond acceptors (Lipinski definition) is 2. The molecule has 0 aromatic heterocycles. The van der Waals surface area contributed by atoms with Crippen molar-refractivity contribution in [3.63, 3.8) is 0 Å². The molecule has 3 nitrogen and oxygen atoms in total. The van der Waals surface area contributed by atoms with Gasteiger partial charge < -0.3 is 10.2 Å². The molecular weight excluding hydrogens is 228 g/mol. The standard InChI is InChI=1S/C15H22O3/c1-2-3-15(18,13(16)17)14-7-10-4-11(8-14)6-12(5-10)9-14/h2,10-12,18H,1,3-9H2,(H,16,17). The predicted molar refractivity (Wildman–Crippen MR) is 68.0 cm³/mol. The zero-order valence-electron chi connectivity index (χ0n) is 10.8. The number of carboxylic acids is 1. The van der Waals surface area contributed by atoms with E-state index in [4.69, 9.17) is 0 Å². The monoisotopic (exact) mass is 250 g/mol. The predicted octanol–water partition coefficient (Wildman–Crippen LogP) is 2.59. The summed E-state index contributed by atoms with van der Waals surface area (Å²) in [7, 11) is 0. The highest BCUT2D eigenvalue weighted by atomic mass is 16.4. The summed E-state index contributed by atoms with van der Waals surface area (Å²) in [6.07, 6.45) is 8.19. The van der Waals surface area contributed by atoms with Gasteiger partial charge in [-0.15, -0.1) is 6.58 Å². The fourth-order valence-electron chi connectivity index (χ4n) is 5.36. The maximum absolute atomic E-state index is 11.6. The lowest BCUT2D eigenvalue weighted by atomic mass is 9.45. The van der Waals surface area contributed by atoms with E-state index < -0.39 is 11.6 Å². The average Bonchev–Trinajstić information content (AvgIpc) is 2.26. The molecule has 0 heterocycles. The first-order valence-electron chi connectivity index (χ1n) is 7.06. The molecule has 3 heteroatoms. The van der Waals surface area contributed by atoms with Gasteiger partial charge in [0.05, 0.1) is 0 Å². The van der Waals surface area contributed by atoms with Crippen LogP contribution in [0.4, 0.5) is 0 Å². The topological polar surface area (TPSA) is 57.5 Å². The maximum Gasteiger partial charge on any atom is 0.336 e. The van der Waals surface area contributed by atoms with E-state index in [0.29, 0.717) is 17.8 Å². The van der Waals surface area contributed by atoms with Crippen LogP contribution in [0.2, 0.25) is 0 Å². The highest BCUT2D eigenvalue weighted by molar-refractivity contribution is 5.79. The van der Waals surface area contributed by atoms with E-state index in [2.05, 4.69) is 6.58 Å². The van der Waals surface area contributed by atoms with Gasteiger partial charge >= 0.3 is 5.97 Å². The van der Waals surface area contributed by atoms with Crippen molar-refractivity contribution >= 4 is 5.97 Å². The van der Waals surface area contributed by atoms with Crippen molar-refractivity contribution in [3.05, 3.63) is 12.7 Å². The van der Waals surface area contributed by atoms with Crippen LogP contribution in [0.1, 0.15) is 44.9 Å². The van der Waals surface area contributed by atoms with Crippen LogP contribution in [0.5, 0.6) is 0 Å². The van der Waals surface area contributed by atoms with Crippen molar-refractivity contribution in [1.29, 1.82) is 0 Å². The second-order valence-corrected chi connectivity index (χ2v) is 6.86. The third-order valence-corrected chi connectivity index (χ3v) is 5.71. The summed E-state index contributed by atoms with van der Waals surface area (Å²) in [5.74, 6) is 0.884. The van der Waals surface area contributed by atoms with Crippen LogP contribution in [-0.4, -0.2) is 21.8 Å². The Kier molecular flexibility index (Phi) is 2.60. The number of hydrogen-bond donors (Lipinski definition) is 2. The molecule has 4 rings (SSSR count). The molecule has 0 spiro atoms. The van der Waals surface area contributed by atoms with Crippen molar-refractivity contribution in [2.75, 3.05) is 0 Å². The Morgan fingerprint density at radius 1 is 1.22 bits per heavy atom. The Labute approximate surface area is 108 Å². The summed E-state index contributed by atoms with van der Waals surface area (Å²) in [6.45, 7) is 3.63. The Morgan fingerprint density at radius 2 is 1.67 bits per heavy atom. The molecule has 0 aromatic rings. The van der Waals surface area contributed by atoms with Gasteiger partial charge in [0.15, 0.2) is 5.60 Å². The molecule has 4 bridgehead atoms. The molecule has 4 fully saturated rings. The molecule has 4 saturated carbocycles. The highest BCUT2D eigenvalue weighted by Crippen LogP contribution is 2.64. The molecule has 0 aromatic carbocycles. The normalized spacial score (nSPS) is 44.6. The number of aliphatic hydroxyl groups is 1. The van der Waals surface area contributed by atoms with Crippen molar-refractivity contribution in [3.8, 4) is 0 Å². The van der Waals surface area contributed by atoms with Crippen LogP contribution in [-0.2, 0) is 4.79 Å². The van der Waals surface area contributed by atoms with E-state index in [9.17, 15) is 15.0 Å². The zero-order valence-corrected chi connectivity index (χ0v) is 10.8. The first kappa shape index (κ1) is 12.2. The van der Waals surface area contributed by atoms with E-state index in [1.54, 1.807) is 6.08 Å². The molecule has 0 radical (unpaired) electrons. The van der Waals surface area contributed by atoms with Crippen LogP contribution in [0.25, 0.3) is 0 Å². The zero-order chi connectivity index (χ0) is 13.0. The molecule has 1 atom stereocenters. The minimum absolute atomic E-state index is 0.175. The van der Waals surface area contributed by atoms with E-state index in [1.165, 1.54) is 19.3 Å². The Bertz CT molecular complexity index is 352. The van der Waals surface area contributed by atoms with Gasteiger partial charge in [0.2, 0.25) is 0 Å². The Balaban J connectivity index is 1.98. The smallest absolute Gasteiger partial charge is 0.336 e. The quantitative estimate of drug-likeness (QED) is 0.754. The largest absolute Gasteiger partial charge is 0.479 e. The summed E-state index contributed by atoms with van der Waals surface area (Å²) in [5.41, 5.74) is -1.98.